The van der Waals surface area contributed by atoms with Crippen LogP contribution in [-0.4, -0.2) is 31.6 Å². The van der Waals surface area contributed by atoms with Gasteiger partial charge in [0.2, 0.25) is 5.91 Å². The summed E-state index contributed by atoms with van der Waals surface area (Å²) in [4.78, 5) is 21.9. The number of nitrogens with two attached hydrogens (primary N) is 1. The van der Waals surface area contributed by atoms with E-state index >= 15 is 0 Å². The molecule has 0 spiro atoms. The van der Waals surface area contributed by atoms with Crippen molar-refractivity contribution in [3.63, 3.8) is 0 Å². The maximum atomic E-state index is 11.5. The number of carbonyl (C=O) groups is 2. The summed E-state index contributed by atoms with van der Waals surface area (Å²) in [7, 11) is 0. The smallest absolute Gasteiger partial charge is 0.312 e. The van der Waals surface area contributed by atoms with E-state index in [1.165, 1.54) is 0 Å². The van der Waals surface area contributed by atoms with Crippen LogP contribution in [0.1, 0.15) is 0 Å². The Labute approximate surface area is 110 Å². The van der Waals surface area contributed by atoms with E-state index in [2.05, 4.69) is 16.0 Å². The summed E-state index contributed by atoms with van der Waals surface area (Å²) in [5, 5.41) is 8.51. The van der Waals surface area contributed by atoms with Crippen LogP contribution in [0.3, 0.4) is 0 Å². The van der Waals surface area contributed by atoms with Gasteiger partial charge in [-0.2, -0.15) is 0 Å². The number of nitrogens with one attached hydrogen (secondary N) is 3. The maximum absolute atomic E-state index is 11.5. The van der Waals surface area contributed by atoms with Crippen LogP contribution in [0.2, 0.25) is 5.02 Å². The lowest BCUT2D eigenvalue weighted by Gasteiger charge is -2.07. The highest BCUT2D eigenvalue weighted by atomic mass is 35.5. The monoisotopic (exact) mass is 270 g/mol. The van der Waals surface area contributed by atoms with Crippen molar-refractivity contribution in [2.75, 3.05) is 25.0 Å². The van der Waals surface area contributed by atoms with Gasteiger partial charge >= 0.3 is 6.03 Å². The first kappa shape index (κ1) is 14.3. The van der Waals surface area contributed by atoms with E-state index in [1.807, 2.05) is 0 Å². The van der Waals surface area contributed by atoms with Crippen LogP contribution in [0.15, 0.2) is 24.3 Å². The SMILES string of the molecule is NC(=O)NCCNCC(=O)Nc1cccc(Cl)c1. The normalized spacial score (nSPS) is 9.83. The van der Waals surface area contributed by atoms with E-state index in [9.17, 15) is 9.59 Å². The van der Waals surface area contributed by atoms with Crippen molar-refractivity contribution in [3.05, 3.63) is 29.3 Å². The second-order valence-corrected chi connectivity index (χ2v) is 3.96. The highest BCUT2D eigenvalue weighted by molar-refractivity contribution is 6.30. The molecular formula is C11H15ClN4O2. The molecular weight excluding hydrogens is 256 g/mol. The average molecular weight is 271 g/mol. The Morgan fingerprint density at radius 1 is 1.28 bits per heavy atom. The van der Waals surface area contributed by atoms with Gasteiger partial charge in [0.15, 0.2) is 0 Å². The standard InChI is InChI=1S/C11H15ClN4O2/c12-8-2-1-3-9(6-8)16-10(17)7-14-4-5-15-11(13)18/h1-3,6,14H,4-5,7H2,(H,16,17)(H3,13,15,18). The third kappa shape index (κ3) is 6.07. The molecule has 0 saturated heterocycles. The Balaban J connectivity index is 2.20. The maximum Gasteiger partial charge on any atom is 0.312 e. The van der Waals surface area contributed by atoms with Crippen molar-refractivity contribution in [2.24, 2.45) is 5.73 Å². The molecule has 0 saturated carbocycles. The summed E-state index contributed by atoms with van der Waals surface area (Å²) < 4.78 is 0. The lowest BCUT2D eigenvalue weighted by atomic mass is 10.3. The van der Waals surface area contributed by atoms with Gasteiger partial charge in [0.25, 0.3) is 0 Å². The van der Waals surface area contributed by atoms with E-state index in [-0.39, 0.29) is 12.5 Å². The molecule has 1 aromatic carbocycles. The number of halogens is 1. The molecule has 1 rings (SSSR count). The quantitative estimate of drug-likeness (QED) is 0.568. The summed E-state index contributed by atoms with van der Waals surface area (Å²) in [6.07, 6.45) is 0. The Kier molecular flexibility index (Phi) is 5.96. The zero-order valence-corrected chi connectivity index (χ0v) is 10.5. The van der Waals surface area contributed by atoms with Gasteiger partial charge in [-0.05, 0) is 18.2 Å². The second kappa shape index (κ2) is 7.52. The lowest BCUT2D eigenvalue weighted by molar-refractivity contribution is -0.115. The molecule has 0 aromatic heterocycles. The minimum atomic E-state index is -0.583. The van der Waals surface area contributed by atoms with Crippen molar-refractivity contribution in [2.45, 2.75) is 0 Å². The van der Waals surface area contributed by atoms with Gasteiger partial charge in [0, 0.05) is 23.8 Å². The number of amides is 3. The van der Waals surface area contributed by atoms with E-state index in [1.54, 1.807) is 24.3 Å². The average Bonchev–Trinajstić information content (AvgIpc) is 2.28. The van der Waals surface area contributed by atoms with Crippen LogP contribution in [-0.2, 0) is 4.79 Å². The molecule has 0 radical (unpaired) electrons. The number of urea groups is 1. The van der Waals surface area contributed by atoms with Crippen LogP contribution in [0.25, 0.3) is 0 Å². The third-order valence-electron chi connectivity index (χ3n) is 1.99. The molecule has 3 amide bonds. The van der Waals surface area contributed by atoms with Crippen molar-refractivity contribution < 1.29 is 9.59 Å². The molecule has 0 bridgehead atoms. The Bertz CT molecular complexity index is 425. The third-order valence-corrected chi connectivity index (χ3v) is 2.23. The van der Waals surface area contributed by atoms with Crippen LogP contribution in [0.4, 0.5) is 10.5 Å². The predicted molar refractivity (Wildman–Crippen MR) is 70.5 cm³/mol. The number of benzene rings is 1. The van der Waals surface area contributed by atoms with Crippen LogP contribution in [0.5, 0.6) is 0 Å². The van der Waals surface area contributed by atoms with Crippen molar-refractivity contribution >= 4 is 29.2 Å². The first-order chi connectivity index (χ1) is 8.58. The van der Waals surface area contributed by atoms with Crippen LogP contribution in [0, 0.1) is 0 Å². The number of hydrogen-bond donors (Lipinski definition) is 4. The van der Waals surface area contributed by atoms with Gasteiger partial charge < -0.3 is 21.7 Å². The predicted octanol–water partition coefficient (Wildman–Crippen LogP) is 0.536. The topological polar surface area (TPSA) is 96.2 Å². The zero-order chi connectivity index (χ0) is 13.4. The molecule has 0 aliphatic carbocycles. The molecule has 98 valence electrons. The molecule has 0 aliphatic rings. The first-order valence-corrected chi connectivity index (χ1v) is 5.75. The van der Waals surface area contributed by atoms with Gasteiger partial charge in [-0.1, -0.05) is 17.7 Å². The second-order valence-electron chi connectivity index (χ2n) is 3.53. The molecule has 5 N–H and O–H groups in total. The number of carbonyl (C=O) groups excluding carboxylic acids is 2. The number of hydrogen-bond acceptors (Lipinski definition) is 3. The molecule has 0 aliphatic heterocycles. The minimum Gasteiger partial charge on any atom is -0.352 e. The Morgan fingerprint density at radius 2 is 2.06 bits per heavy atom. The van der Waals surface area contributed by atoms with E-state index in [4.69, 9.17) is 17.3 Å². The van der Waals surface area contributed by atoms with Crippen LogP contribution >= 0.6 is 11.6 Å². The summed E-state index contributed by atoms with van der Waals surface area (Å²) in [6, 6.07) is 6.31. The molecule has 6 nitrogen and oxygen atoms in total. The van der Waals surface area contributed by atoms with E-state index in [0.717, 1.165) is 0 Å². The molecule has 0 fully saturated rings. The molecule has 1 aromatic rings. The summed E-state index contributed by atoms with van der Waals surface area (Å²) in [5.41, 5.74) is 5.52. The largest absolute Gasteiger partial charge is 0.352 e. The van der Waals surface area contributed by atoms with Gasteiger partial charge in [-0.25, -0.2) is 4.79 Å². The summed E-state index contributed by atoms with van der Waals surface area (Å²) in [6.45, 7) is 0.985. The van der Waals surface area contributed by atoms with Crippen molar-refractivity contribution in [1.29, 1.82) is 0 Å². The molecule has 0 unspecified atom stereocenters. The van der Waals surface area contributed by atoms with Crippen molar-refractivity contribution in [1.82, 2.24) is 10.6 Å². The fraction of sp³-hybridized carbons (Fsp3) is 0.273. The molecule has 0 atom stereocenters. The zero-order valence-electron chi connectivity index (χ0n) is 9.70. The highest BCUT2D eigenvalue weighted by Crippen LogP contribution is 2.14. The van der Waals surface area contributed by atoms with Gasteiger partial charge in [-0.3, -0.25) is 4.79 Å². The molecule has 18 heavy (non-hydrogen) atoms. The van der Waals surface area contributed by atoms with Crippen LogP contribution < -0.4 is 21.7 Å². The fourth-order valence-corrected chi connectivity index (χ4v) is 1.44. The number of rotatable bonds is 6. The summed E-state index contributed by atoms with van der Waals surface area (Å²) in [5.74, 6) is -0.184. The molecule has 0 heterocycles. The lowest BCUT2D eigenvalue weighted by Crippen LogP contribution is -2.37. The van der Waals surface area contributed by atoms with E-state index < -0.39 is 6.03 Å². The summed E-state index contributed by atoms with van der Waals surface area (Å²) >= 11 is 5.78. The fourth-order valence-electron chi connectivity index (χ4n) is 1.25. The first-order valence-electron chi connectivity index (χ1n) is 5.37. The van der Waals surface area contributed by atoms with Crippen molar-refractivity contribution in [3.8, 4) is 0 Å². The van der Waals surface area contributed by atoms with Gasteiger partial charge in [0.05, 0.1) is 6.54 Å². The number of primary amides is 1. The van der Waals surface area contributed by atoms with Gasteiger partial charge in [-0.15, -0.1) is 0 Å². The number of anilines is 1. The molecule has 7 heteroatoms. The minimum absolute atomic E-state index is 0.146. The van der Waals surface area contributed by atoms with E-state index in [0.29, 0.717) is 23.8 Å². The Morgan fingerprint density at radius 3 is 2.72 bits per heavy atom. The highest BCUT2D eigenvalue weighted by Gasteiger charge is 2.01. The Hall–Kier alpha value is -1.79. The van der Waals surface area contributed by atoms with Gasteiger partial charge in [0.1, 0.15) is 0 Å².